The van der Waals surface area contributed by atoms with Crippen LogP contribution in [0.3, 0.4) is 0 Å². The van der Waals surface area contributed by atoms with E-state index in [4.69, 9.17) is 0 Å². The molecule has 0 aliphatic carbocycles. The fourth-order valence-corrected chi connectivity index (χ4v) is 4.64. The van der Waals surface area contributed by atoms with E-state index in [1.54, 1.807) is 29.5 Å². The van der Waals surface area contributed by atoms with Crippen molar-refractivity contribution < 1.29 is 5.11 Å². The summed E-state index contributed by atoms with van der Waals surface area (Å²) in [6, 6.07) is 19.5. The molecule has 6 nitrogen and oxygen atoms in total. The standard InChI is InChI=1S/C24H26N4O2S/c1-28(2)19(11-16-7-9-20(29)10-8-16)15-25-24-26-18(14-23(30)27-24)13-21-12-17-5-3-4-6-22(17)31-21/h3-10,12,14,19,29H,11,13,15H2,1-2H3,(H2,25,26,27,30)/t19-/m0/s1. The fraction of sp³-hybridized carbons (Fsp3) is 0.250. The third kappa shape index (κ3) is 5.51. The second-order valence-electron chi connectivity index (χ2n) is 7.89. The van der Waals surface area contributed by atoms with E-state index in [-0.39, 0.29) is 17.4 Å². The molecule has 0 radical (unpaired) electrons. The first-order valence-corrected chi connectivity index (χ1v) is 11.0. The van der Waals surface area contributed by atoms with Crippen LogP contribution in [0.15, 0.2) is 65.5 Å². The van der Waals surface area contributed by atoms with Gasteiger partial charge in [0.25, 0.3) is 5.56 Å². The summed E-state index contributed by atoms with van der Waals surface area (Å²) in [5.41, 5.74) is 1.73. The number of rotatable bonds is 8. The van der Waals surface area contributed by atoms with E-state index >= 15 is 0 Å². The maximum Gasteiger partial charge on any atom is 0.274 e. The van der Waals surface area contributed by atoms with Gasteiger partial charge in [-0.3, -0.25) is 4.79 Å². The van der Waals surface area contributed by atoms with E-state index in [0.29, 0.717) is 18.9 Å². The van der Waals surface area contributed by atoms with Crippen molar-refractivity contribution >= 4 is 27.4 Å². The van der Waals surface area contributed by atoms with Crippen LogP contribution in [0.5, 0.6) is 5.75 Å². The Bertz CT molecular complexity index is 1180. The van der Waals surface area contributed by atoms with Gasteiger partial charge in [0.05, 0.1) is 0 Å². The number of anilines is 1. The lowest BCUT2D eigenvalue weighted by Gasteiger charge is -2.25. The van der Waals surface area contributed by atoms with Crippen LogP contribution in [0, 0.1) is 0 Å². The molecule has 0 aliphatic rings. The first-order valence-electron chi connectivity index (χ1n) is 10.2. The van der Waals surface area contributed by atoms with Gasteiger partial charge in [-0.05, 0) is 55.7 Å². The summed E-state index contributed by atoms with van der Waals surface area (Å²) >= 11 is 1.74. The summed E-state index contributed by atoms with van der Waals surface area (Å²) in [4.78, 5) is 22.9. The van der Waals surface area contributed by atoms with E-state index in [1.807, 2.05) is 38.4 Å². The number of fused-ring (bicyclic) bond motifs is 1. The summed E-state index contributed by atoms with van der Waals surface area (Å²) in [5.74, 6) is 0.752. The molecule has 0 unspecified atom stereocenters. The Kier molecular flexibility index (Phi) is 6.34. The van der Waals surface area contributed by atoms with Crippen molar-refractivity contribution in [3.63, 3.8) is 0 Å². The number of phenolic OH excluding ortho intramolecular Hbond substituents is 1. The van der Waals surface area contributed by atoms with Crippen LogP contribution >= 0.6 is 11.3 Å². The molecular formula is C24H26N4O2S. The molecule has 2 aromatic heterocycles. The Labute approximate surface area is 185 Å². The predicted molar refractivity (Wildman–Crippen MR) is 127 cm³/mol. The predicted octanol–water partition coefficient (Wildman–Crippen LogP) is 3.87. The number of likely N-dealkylation sites (N-methyl/N-ethyl adjacent to an activating group) is 1. The van der Waals surface area contributed by atoms with Gasteiger partial charge in [0.2, 0.25) is 5.95 Å². The average molecular weight is 435 g/mol. The summed E-state index contributed by atoms with van der Waals surface area (Å²) in [7, 11) is 4.06. The molecule has 0 amide bonds. The number of aromatic hydroxyl groups is 1. The monoisotopic (exact) mass is 434 g/mol. The molecule has 0 bridgehead atoms. The minimum Gasteiger partial charge on any atom is -0.508 e. The second kappa shape index (κ2) is 9.32. The van der Waals surface area contributed by atoms with E-state index in [9.17, 15) is 9.90 Å². The van der Waals surface area contributed by atoms with Crippen LogP contribution in [0.1, 0.15) is 16.1 Å². The van der Waals surface area contributed by atoms with E-state index in [0.717, 1.165) is 17.7 Å². The largest absolute Gasteiger partial charge is 0.508 e. The first-order chi connectivity index (χ1) is 15.0. The first kappa shape index (κ1) is 21.1. The number of phenols is 1. The van der Waals surface area contributed by atoms with E-state index in [1.165, 1.54) is 15.0 Å². The molecule has 31 heavy (non-hydrogen) atoms. The van der Waals surface area contributed by atoms with Crippen LogP contribution in [0.25, 0.3) is 10.1 Å². The van der Waals surface area contributed by atoms with Gasteiger partial charge in [-0.1, -0.05) is 30.3 Å². The number of aromatic nitrogens is 2. The number of nitrogens with one attached hydrogen (secondary N) is 2. The summed E-state index contributed by atoms with van der Waals surface area (Å²) in [5, 5.41) is 14.0. The number of benzene rings is 2. The maximum atomic E-state index is 12.2. The van der Waals surface area contributed by atoms with Gasteiger partial charge in [0, 0.05) is 40.3 Å². The average Bonchev–Trinajstić information content (AvgIpc) is 3.14. The third-order valence-electron chi connectivity index (χ3n) is 5.28. The van der Waals surface area contributed by atoms with Crippen LogP contribution in [-0.2, 0) is 12.8 Å². The molecule has 0 saturated heterocycles. The van der Waals surface area contributed by atoms with Crippen molar-refractivity contribution in [2.24, 2.45) is 0 Å². The van der Waals surface area contributed by atoms with Crippen molar-refractivity contribution in [2.75, 3.05) is 26.0 Å². The minimum absolute atomic E-state index is 0.195. The van der Waals surface area contributed by atoms with Crippen LogP contribution in [0.2, 0.25) is 0 Å². The summed E-state index contributed by atoms with van der Waals surface area (Å²) in [6.45, 7) is 0.628. The highest BCUT2D eigenvalue weighted by atomic mass is 32.1. The molecule has 160 valence electrons. The SMILES string of the molecule is CN(C)[C@H](CNc1nc(=O)cc(Cc2cc3ccccc3s2)[nH]1)Cc1ccc(O)cc1. The van der Waals surface area contributed by atoms with E-state index < -0.39 is 0 Å². The molecule has 0 fully saturated rings. The Morgan fingerprint density at radius 3 is 2.65 bits per heavy atom. The molecule has 0 saturated carbocycles. The van der Waals surface area contributed by atoms with Crippen molar-refractivity contribution in [3.8, 4) is 5.75 Å². The lowest BCUT2D eigenvalue weighted by molar-refractivity contribution is 0.303. The highest BCUT2D eigenvalue weighted by Gasteiger charge is 2.13. The van der Waals surface area contributed by atoms with Gasteiger partial charge in [0.1, 0.15) is 5.75 Å². The Hall–Kier alpha value is -3.16. The van der Waals surface area contributed by atoms with Gasteiger partial charge < -0.3 is 20.3 Å². The second-order valence-corrected chi connectivity index (χ2v) is 9.06. The Morgan fingerprint density at radius 1 is 1.13 bits per heavy atom. The lowest BCUT2D eigenvalue weighted by Crippen LogP contribution is -2.37. The zero-order valence-corrected chi connectivity index (χ0v) is 18.4. The lowest BCUT2D eigenvalue weighted by atomic mass is 10.1. The Balaban J connectivity index is 1.45. The zero-order chi connectivity index (χ0) is 21.8. The molecule has 3 N–H and O–H groups in total. The zero-order valence-electron chi connectivity index (χ0n) is 17.6. The summed E-state index contributed by atoms with van der Waals surface area (Å²) in [6.07, 6.45) is 1.47. The number of nitrogens with zero attached hydrogens (tertiary/aromatic N) is 2. The van der Waals surface area contributed by atoms with Crippen LogP contribution in [0.4, 0.5) is 5.95 Å². The molecule has 2 heterocycles. The van der Waals surface area contributed by atoms with Crippen molar-refractivity contribution in [2.45, 2.75) is 18.9 Å². The van der Waals surface area contributed by atoms with Gasteiger partial charge in [-0.25, -0.2) is 0 Å². The highest BCUT2D eigenvalue weighted by Crippen LogP contribution is 2.26. The number of aromatic amines is 1. The van der Waals surface area contributed by atoms with Crippen LogP contribution < -0.4 is 10.9 Å². The van der Waals surface area contributed by atoms with Crippen molar-refractivity contribution in [1.82, 2.24) is 14.9 Å². The molecule has 4 aromatic rings. The number of hydrogen-bond acceptors (Lipinski definition) is 6. The molecule has 4 rings (SSSR count). The maximum absolute atomic E-state index is 12.2. The Morgan fingerprint density at radius 2 is 1.90 bits per heavy atom. The molecule has 2 aromatic carbocycles. The van der Waals surface area contributed by atoms with Crippen molar-refractivity contribution in [1.29, 1.82) is 0 Å². The summed E-state index contributed by atoms with van der Waals surface area (Å²) < 4.78 is 1.25. The van der Waals surface area contributed by atoms with Gasteiger partial charge in [-0.2, -0.15) is 4.98 Å². The number of hydrogen-bond donors (Lipinski definition) is 3. The number of thiophene rings is 1. The van der Waals surface area contributed by atoms with Crippen LogP contribution in [-0.4, -0.2) is 46.7 Å². The highest BCUT2D eigenvalue weighted by molar-refractivity contribution is 7.19. The van der Waals surface area contributed by atoms with Gasteiger partial charge in [0.15, 0.2) is 0 Å². The molecule has 1 atom stereocenters. The topological polar surface area (TPSA) is 81.2 Å². The minimum atomic E-state index is -0.253. The molecule has 0 aliphatic heterocycles. The van der Waals surface area contributed by atoms with Crippen molar-refractivity contribution in [3.05, 3.63) is 87.2 Å². The van der Waals surface area contributed by atoms with E-state index in [2.05, 4.69) is 38.4 Å². The van der Waals surface area contributed by atoms with Gasteiger partial charge >= 0.3 is 0 Å². The van der Waals surface area contributed by atoms with Gasteiger partial charge in [-0.15, -0.1) is 11.3 Å². The normalized spacial score (nSPS) is 12.4. The quantitative estimate of drug-likeness (QED) is 0.392. The third-order valence-corrected chi connectivity index (χ3v) is 6.40. The smallest absolute Gasteiger partial charge is 0.274 e. The number of H-pyrrole nitrogens is 1. The molecule has 0 spiro atoms. The molecule has 7 heteroatoms. The fourth-order valence-electron chi connectivity index (χ4n) is 3.55. The molecular weight excluding hydrogens is 408 g/mol.